The van der Waals surface area contributed by atoms with E-state index in [-0.39, 0.29) is 49.4 Å². The maximum atomic E-state index is 12.1. The van der Waals surface area contributed by atoms with E-state index in [4.69, 9.17) is 39.3 Å². The van der Waals surface area contributed by atoms with Crippen molar-refractivity contribution in [1.82, 2.24) is 0 Å². The molecule has 21 heteroatoms. The first kappa shape index (κ1) is 45.2. The molecule has 3 aliphatic rings. The maximum Gasteiger partial charge on any atom is 0.304 e. The van der Waals surface area contributed by atoms with Crippen molar-refractivity contribution in [2.75, 3.05) is 36.7 Å². The van der Waals surface area contributed by atoms with Gasteiger partial charge in [-0.15, -0.1) is 0 Å². The molecule has 0 spiro atoms. The van der Waals surface area contributed by atoms with E-state index in [1.54, 1.807) is 54.6 Å². The number of phenolic OH excluding ortho intramolecular Hbond substituents is 4. The lowest BCUT2D eigenvalue weighted by atomic mass is 10.1. The van der Waals surface area contributed by atoms with Gasteiger partial charge in [0.1, 0.15) is 0 Å². The number of hydrogen-bond acceptors (Lipinski definition) is 17. The summed E-state index contributed by atoms with van der Waals surface area (Å²) in [5.41, 5.74) is 7.87. The molecule has 0 aromatic heterocycles. The minimum Gasteiger partial charge on any atom is -0.504 e. The Balaban J connectivity index is 0.000000174. The second kappa shape index (κ2) is 20.9. The Hall–Kier alpha value is -7.90. The van der Waals surface area contributed by atoms with Gasteiger partial charge in [0.05, 0.1) is 0 Å². The highest BCUT2D eigenvalue weighted by Gasteiger charge is 2.20. The number of hydrogen-bond donors (Lipinski definition) is 7. The summed E-state index contributed by atoms with van der Waals surface area (Å²) >= 11 is 8.98. The van der Waals surface area contributed by atoms with Crippen LogP contribution in [0.5, 0.6) is 57.5 Å². The van der Waals surface area contributed by atoms with E-state index < -0.39 is 39.6 Å². The van der Waals surface area contributed by atoms with Gasteiger partial charge in [-0.05, 0) is 95.0 Å². The highest BCUT2D eigenvalue weighted by molar-refractivity contribution is 6.97. The van der Waals surface area contributed by atoms with E-state index in [0.29, 0.717) is 52.3 Å². The molecule has 2 amide bonds. The maximum absolute atomic E-state index is 12.1. The van der Waals surface area contributed by atoms with Gasteiger partial charge in [0.25, 0.3) is 11.8 Å². The first-order valence-corrected chi connectivity index (χ1v) is 18.4. The molecule has 62 heavy (non-hydrogen) atoms. The summed E-state index contributed by atoms with van der Waals surface area (Å²) in [6.45, 7) is 0.617. The Labute approximate surface area is 360 Å². The monoisotopic (exact) mass is 893 g/mol. The van der Waals surface area contributed by atoms with Crippen LogP contribution in [-0.4, -0.2) is 74.7 Å². The van der Waals surface area contributed by atoms with Gasteiger partial charge in [0.2, 0.25) is 31.9 Å². The predicted molar refractivity (Wildman–Crippen MR) is 218 cm³/mol. The third-order valence-electron chi connectivity index (χ3n) is 8.13. The molecule has 0 aliphatic carbocycles. The summed E-state index contributed by atoms with van der Waals surface area (Å²) in [5.74, 6) is -0.502. The molecular weight excluding hydrogens is 861 g/mol. The Bertz CT molecular complexity index is 2390. The predicted octanol–water partition coefficient (Wildman–Crippen LogP) is 4.67. The third-order valence-corrected chi connectivity index (χ3v) is 8.57. The summed E-state index contributed by atoms with van der Waals surface area (Å²) in [6.07, 6.45) is -0.281. The zero-order valence-corrected chi connectivity index (χ0v) is 33.2. The van der Waals surface area contributed by atoms with Crippen LogP contribution in [0.15, 0.2) is 91.0 Å². The molecule has 0 bridgehead atoms. The summed E-state index contributed by atoms with van der Waals surface area (Å²) < 4.78 is 31.1. The Morgan fingerprint density at radius 2 is 0.855 bits per heavy atom. The fourth-order valence-corrected chi connectivity index (χ4v) is 5.15. The SMILES string of the molecule is Nc1ccc2c(c1)OCO2.O=C(Cc1ccc(O)c(O)c1)C(=O)Nc1ccc(O)c(O)c1.O=C(Cc1ccc2c(c1)OCO2)C(=O)Nc1ccc2c(c1)OCO2.O=C(Cl)C(=O)Cl. The van der Waals surface area contributed by atoms with Crippen LogP contribution in [0.2, 0.25) is 0 Å². The standard InChI is InChI=1S/C17H13NO6.C15H13NO6.C7H7NO2.C2Cl2O2/c19-12(5-10-1-3-13-15(6-10)23-8-21-13)17(20)18-11-2-4-14-16(7-11)24-9-22-14;17-10-3-1-8(5-12(10)19)6-14(21)15(22)16-9-2-4-11(18)13(20)7-9;8-5-1-2-6-7(3-5)10-4-9-6;3-1(5)2(4)6/h1-4,6-7H,5,8-9H2,(H,18,20);1-5,7,17-20H,6H2,(H,16,22);1-3H,4,8H2;. The number of carbonyl (C=O) groups is 6. The molecule has 3 aliphatic heterocycles. The molecule has 8 N–H and O–H groups in total. The van der Waals surface area contributed by atoms with Crippen molar-refractivity contribution in [3.63, 3.8) is 0 Å². The molecule has 8 rings (SSSR count). The molecule has 0 saturated heterocycles. The van der Waals surface area contributed by atoms with E-state index in [0.717, 1.165) is 17.6 Å². The number of nitrogens with two attached hydrogens (primary N) is 1. The molecule has 5 aromatic carbocycles. The second-order valence-electron chi connectivity index (χ2n) is 12.6. The number of fused-ring (bicyclic) bond motifs is 3. The van der Waals surface area contributed by atoms with E-state index in [9.17, 15) is 44.1 Å². The number of halogens is 2. The molecule has 19 nitrogen and oxygen atoms in total. The quantitative estimate of drug-likeness (QED) is 0.0348. The number of carbonyl (C=O) groups excluding carboxylic acids is 6. The summed E-state index contributed by atoms with van der Waals surface area (Å²) in [4.78, 5) is 66.6. The lowest BCUT2D eigenvalue weighted by Crippen LogP contribution is -2.24. The zero-order valence-electron chi connectivity index (χ0n) is 31.7. The van der Waals surface area contributed by atoms with Gasteiger partial charge in [0.15, 0.2) is 57.5 Å². The fourth-order valence-electron chi connectivity index (χ4n) is 5.15. The average Bonchev–Trinajstić information content (AvgIpc) is 4.02. The first-order chi connectivity index (χ1) is 29.6. The van der Waals surface area contributed by atoms with Crippen LogP contribution in [0.1, 0.15) is 11.1 Å². The van der Waals surface area contributed by atoms with Crippen molar-refractivity contribution < 1.29 is 77.6 Å². The molecule has 0 fully saturated rings. The molecule has 5 aromatic rings. The number of amides is 2. The van der Waals surface area contributed by atoms with Crippen molar-refractivity contribution in [2.45, 2.75) is 12.8 Å². The molecule has 3 heterocycles. The average molecular weight is 895 g/mol. The van der Waals surface area contributed by atoms with Crippen LogP contribution in [0.4, 0.5) is 17.1 Å². The topological polar surface area (TPSA) is 289 Å². The van der Waals surface area contributed by atoms with Crippen LogP contribution in [0.25, 0.3) is 0 Å². The van der Waals surface area contributed by atoms with E-state index in [1.165, 1.54) is 30.3 Å². The molecule has 0 atom stereocenters. The number of ether oxygens (including phenoxy) is 6. The number of anilines is 3. The Morgan fingerprint density at radius 1 is 0.468 bits per heavy atom. The molecule has 0 unspecified atom stereocenters. The lowest BCUT2D eigenvalue weighted by Gasteiger charge is -2.06. The smallest absolute Gasteiger partial charge is 0.304 e. The van der Waals surface area contributed by atoms with Crippen molar-refractivity contribution in [1.29, 1.82) is 0 Å². The van der Waals surface area contributed by atoms with Crippen molar-refractivity contribution in [2.24, 2.45) is 0 Å². The normalized spacial score (nSPS) is 11.8. The highest BCUT2D eigenvalue weighted by Crippen LogP contribution is 2.36. The number of ketones is 2. The van der Waals surface area contributed by atoms with Gasteiger partial charge in [-0.1, -0.05) is 12.1 Å². The van der Waals surface area contributed by atoms with E-state index in [1.807, 2.05) is 0 Å². The van der Waals surface area contributed by atoms with Crippen LogP contribution >= 0.6 is 23.2 Å². The number of Topliss-reactive ketones (excluding diaryl/α,β-unsaturated/α-hetero) is 2. The van der Waals surface area contributed by atoms with Gasteiger partial charge < -0.3 is 65.2 Å². The van der Waals surface area contributed by atoms with E-state index >= 15 is 0 Å². The number of phenols is 4. The number of aromatic hydroxyl groups is 4. The van der Waals surface area contributed by atoms with Crippen LogP contribution in [0.3, 0.4) is 0 Å². The second-order valence-corrected chi connectivity index (χ2v) is 13.2. The third kappa shape index (κ3) is 12.8. The largest absolute Gasteiger partial charge is 0.504 e. The van der Waals surface area contributed by atoms with Crippen molar-refractivity contribution in [3.8, 4) is 57.5 Å². The molecule has 0 radical (unpaired) electrons. The van der Waals surface area contributed by atoms with Gasteiger partial charge in [0, 0.05) is 48.1 Å². The number of nitrogen functional groups attached to an aromatic ring is 1. The first-order valence-electron chi connectivity index (χ1n) is 17.6. The molecule has 0 saturated carbocycles. The minimum absolute atomic E-state index is 0.0208. The van der Waals surface area contributed by atoms with Gasteiger partial charge in [-0.2, -0.15) is 0 Å². The Morgan fingerprint density at radius 3 is 1.37 bits per heavy atom. The van der Waals surface area contributed by atoms with Gasteiger partial charge in [-0.3, -0.25) is 28.8 Å². The lowest BCUT2D eigenvalue weighted by molar-refractivity contribution is -0.134. The fraction of sp³-hybridized carbons (Fsp3) is 0.122. The van der Waals surface area contributed by atoms with E-state index in [2.05, 4.69) is 33.8 Å². The molecular formula is C41H33Cl2N3O16. The summed E-state index contributed by atoms with van der Waals surface area (Å²) in [6, 6.07) is 22.9. The van der Waals surface area contributed by atoms with Crippen LogP contribution < -0.4 is 44.8 Å². The number of benzene rings is 5. The van der Waals surface area contributed by atoms with Crippen molar-refractivity contribution >= 4 is 74.1 Å². The summed E-state index contributed by atoms with van der Waals surface area (Å²) in [5, 5.41) is 39.5. The number of nitrogens with one attached hydrogen (secondary N) is 2. The Kier molecular flexibility index (Phi) is 15.2. The highest BCUT2D eigenvalue weighted by atomic mass is 35.5. The van der Waals surface area contributed by atoms with Gasteiger partial charge in [-0.25, -0.2) is 0 Å². The van der Waals surface area contributed by atoms with Gasteiger partial charge >= 0.3 is 10.5 Å². The summed E-state index contributed by atoms with van der Waals surface area (Å²) in [7, 11) is 0. The molecule has 322 valence electrons. The van der Waals surface area contributed by atoms with Crippen LogP contribution in [0, 0.1) is 0 Å². The number of rotatable bonds is 9. The minimum atomic E-state index is -1.14. The zero-order chi connectivity index (χ0) is 44.9. The van der Waals surface area contributed by atoms with Crippen molar-refractivity contribution in [3.05, 3.63) is 102 Å². The van der Waals surface area contributed by atoms with Crippen LogP contribution in [-0.2, 0) is 41.6 Å².